The van der Waals surface area contributed by atoms with Crippen LogP contribution in [0.2, 0.25) is 0 Å². The normalized spacial score (nSPS) is 18.1. The van der Waals surface area contributed by atoms with E-state index in [1.165, 1.54) is 48.5 Å². The molecular formula is C37H37F6NO6. The van der Waals surface area contributed by atoms with Gasteiger partial charge in [-0.25, -0.2) is 0 Å². The molecule has 7 nitrogen and oxygen atoms in total. The lowest BCUT2D eigenvalue weighted by molar-refractivity contribution is -0.275. The Bertz CT molecular complexity index is 1500. The van der Waals surface area contributed by atoms with Crippen molar-refractivity contribution >= 4 is 0 Å². The van der Waals surface area contributed by atoms with Gasteiger partial charge in [0.25, 0.3) is 0 Å². The van der Waals surface area contributed by atoms with Crippen LogP contribution in [0.4, 0.5) is 26.3 Å². The van der Waals surface area contributed by atoms with Crippen molar-refractivity contribution in [2.75, 3.05) is 26.3 Å². The summed E-state index contributed by atoms with van der Waals surface area (Å²) in [6.07, 6.45) is -9.65. The molecule has 50 heavy (non-hydrogen) atoms. The first-order valence-electron chi connectivity index (χ1n) is 16.0. The fraction of sp³-hybridized carbons (Fsp3) is 0.351. The Morgan fingerprint density at radius 1 is 0.540 bits per heavy atom. The number of piperidine rings is 1. The Kier molecular flexibility index (Phi) is 13.0. The van der Waals surface area contributed by atoms with Gasteiger partial charge in [-0.3, -0.25) is 0 Å². The van der Waals surface area contributed by atoms with Crippen molar-refractivity contribution < 1.29 is 54.8 Å². The quantitative estimate of drug-likeness (QED) is 0.0929. The van der Waals surface area contributed by atoms with Crippen LogP contribution >= 0.6 is 0 Å². The number of ether oxygens (including phenoxy) is 6. The molecule has 4 aromatic rings. The molecule has 3 atom stereocenters. The van der Waals surface area contributed by atoms with Crippen LogP contribution < -0.4 is 19.5 Å². The fourth-order valence-electron chi connectivity index (χ4n) is 5.50. The fourth-order valence-corrected chi connectivity index (χ4v) is 5.50. The van der Waals surface area contributed by atoms with Gasteiger partial charge in [0.15, 0.2) is 0 Å². The average molecular weight is 706 g/mol. The highest BCUT2D eigenvalue weighted by atomic mass is 19.4. The van der Waals surface area contributed by atoms with Crippen LogP contribution in [0.3, 0.4) is 0 Å². The maximum Gasteiger partial charge on any atom is 0.573 e. The molecule has 1 saturated heterocycles. The number of rotatable bonds is 16. The second-order valence-electron chi connectivity index (χ2n) is 11.6. The van der Waals surface area contributed by atoms with Gasteiger partial charge in [-0.15, -0.1) is 26.3 Å². The van der Waals surface area contributed by atoms with Crippen molar-refractivity contribution in [3.8, 4) is 17.2 Å². The molecule has 268 valence electrons. The van der Waals surface area contributed by atoms with Gasteiger partial charge in [0.05, 0.1) is 45.2 Å². The van der Waals surface area contributed by atoms with Crippen LogP contribution in [0.25, 0.3) is 0 Å². The number of benzene rings is 4. The van der Waals surface area contributed by atoms with E-state index in [4.69, 9.17) is 18.9 Å². The SMILES string of the molecule is FC(F)(F)Oc1ccc(CO[C@H]2CNC[C@@H](OCc3ccc(OC(F)(F)F)cc3)C2c2ccc(OCCCOCc3ccccc3)cc2)cc1. The van der Waals surface area contributed by atoms with Crippen molar-refractivity contribution in [3.05, 3.63) is 125 Å². The van der Waals surface area contributed by atoms with Gasteiger partial charge in [0.1, 0.15) is 17.2 Å². The zero-order chi connectivity index (χ0) is 35.4. The standard InChI is InChI=1S/C37H37F6NO6/c38-36(39,40)49-31-13-7-27(8-14-31)24-47-33-21-44-22-34(48-25-28-9-15-32(16-10-28)50-37(41,42)43)35(33)29-11-17-30(18-12-29)46-20-4-19-45-23-26-5-2-1-3-6-26/h1-3,5-18,33-35,44H,4,19-25H2/t33-,34+,35?. The molecule has 1 aliphatic heterocycles. The molecule has 0 amide bonds. The van der Waals surface area contributed by atoms with Crippen molar-refractivity contribution in [2.45, 2.75) is 57.1 Å². The van der Waals surface area contributed by atoms with E-state index < -0.39 is 24.9 Å². The summed E-state index contributed by atoms with van der Waals surface area (Å²) in [7, 11) is 0. The van der Waals surface area contributed by atoms with Crippen molar-refractivity contribution in [2.24, 2.45) is 0 Å². The van der Waals surface area contributed by atoms with Gasteiger partial charge in [-0.05, 0) is 58.7 Å². The molecular weight excluding hydrogens is 668 g/mol. The second-order valence-corrected chi connectivity index (χ2v) is 11.6. The minimum atomic E-state index is -4.79. The van der Waals surface area contributed by atoms with Crippen molar-refractivity contribution in [3.63, 3.8) is 0 Å². The topological polar surface area (TPSA) is 67.4 Å². The van der Waals surface area contributed by atoms with Gasteiger partial charge in [0.2, 0.25) is 0 Å². The van der Waals surface area contributed by atoms with E-state index >= 15 is 0 Å². The first-order valence-corrected chi connectivity index (χ1v) is 16.0. The Labute approximate surface area is 286 Å². The van der Waals surface area contributed by atoms with Crippen LogP contribution in [-0.2, 0) is 34.0 Å². The molecule has 5 rings (SSSR count). The Balaban J connectivity index is 1.21. The second kappa shape index (κ2) is 17.6. The summed E-state index contributed by atoms with van der Waals surface area (Å²) in [5.74, 6) is -0.237. The molecule has 13 heteroatoms. The zero-order valence-electron chi connectivity index (χ0n) is 26.9. The van der Waals surface area contributed by atoms with Crippen LogP contribution in [0.1, 0.15) is 34.6 Å². The van der Waals surface area contributed by atoms with Crippen molar-refractivity contribution in [1.82, 2.24) is 5.32 Å². The monoisotopic (exact) mass is 705 g/mol. The molecule has 4 aromatic carbocycles. The molecule has 0 bridgehead atoms. The molecule has 0 aromatic heterocycles. The predicted molar refractivity (Wildman–Crippen MR) is 172 cm³/mol. The van der Waals surface area contributed by atoms with Crippen LogP contribution in [0, 0.1) is 0 Å². The third-order valence-electron chi connectivity index (χ3n) is 7.81. The summed E-state index contributed by atoms with van der Waals surface area (Å²) in [5.41, 5.74) is 3.33. The molecule has 0 aliphatic carbocycles. The highest BCUT2D eigenvalue weighted by Crippen LogP contribution is 2.33. The van der Waals surface area contributed by atoms with E-state index in [2.05, 4.69) is 14.8 Å². The van der Waals surface area contributed by atoms with Crippen LogP contribution in [0.15, 0.2) is 103 Å². The molecule has 0 radical (unpaired) electrons. The van der Waals surface area contributed by atoms with Gasteiger partial charge in [0, 0.05) is 25.4 Å². The van der Waals surface area contributed by atoms with Crippen molar-refractivity contribution in [1.29, 1.82) is 0 Å². The van der Waals surface area contributed by atoms with Gasteiger partial charge >= 0.3 is 12.7 Å². The molecule has 0 saturated carbocycles. The number of nitrogens with one attached hydrogen (secondary N) is 1. The lowest BCUT2D eigenvalue weighted by Gasteiger charge is -2.39. The Morgan fingerprint density at radius 3 is 1.52 bits per heavy atom. The summed E-state index contributed by atoms with van der Waals surface area (Å²) in [6.45, 7) is 2.75. The minimum Gasteiger partial charge on any atom is -0.494 e. The van der Waals surface area contributed by atoms with E-state index in [9.17, 15) is 26.3 Å². The largest absolute Gasteiger partial charge is 0.573 e. The average Bonchev–Trinajstić information content (AvgIpc) is 3.08. The van der Waals surface area contributed by atoms with Crippen LogP contribution in [0.5, 0.6) is 17.2 Å². The Hall–Kier alpha value is -4.30. The summed E-state index contributed by atoms with van der Waals surface area (Å²) in [5, 5.41) is 3.32. The zero-order valence-corrected chi connectivity index (χ0v) is 26.9. The van der Waals surface area contributed by atoms with Gasteiger partial charge < -0.3 is 33.7 Å². The summed E-state index contributed by atoms with van der Waals surface area (Å²) in [4.78, 5) is 0. The summed E-state index contributed by atoms with van der Waals surface area (Å²) >= 11 is 0. The van der Waals surface area contributed by atoms with Crippen LogP contribution in [-0.4, -0.2) is 51.2 Å². The maximum absolute atomic E-state index is 12.6. The molecule has 1 unspecified atom stereocenters. The highest BCUT2D eigenvalue weighted by molar-refractivity contribution is 5.32. The molecule has 1 aliphatic rings. The molecule has 0 spiro atoms. The lowest BCUT2D eigenvalue weighted by Crippen LogP contribution is -2.50. The van der Waals surface area contributed by atoms with E-state index in [-0.39, 0.29) is 30.6 Å². The smallest absolute Gasteiger partial charge is 0.494 e. The molecule has 1 N–H and O–H groups in total. The number of hydrogen-bond donors (Lipinski definition) is 1. The van der Waals surface area contributed by atoms with Gasteiger partial charge in [-0.1, -0.05) is 66.7 Å². The van der Waals surface area contributed by atoms with E-state index in [0.717, 1.165) is 11.1 Å². The number of halogens is 6. The molecule has 1 heterocycles. The van der Waals surface area contributed by atoms with E-state index in [0.29, 0.717) is 56.2 Å². The third-order valence-corrected chi connectivity index (χ3v) is 7.81. The third kappa shape index (κ3) is 12.2. The summed E-state index contributed by atoms with van der Waals surface area (Å²) < 4.78 is 108. The number of hydrogen-bond acceptors (Lipinski definition) is 7. The van der Waals surface area contributed by atoms with E-state index in [1.807, 2.05) is 54.6 Å². The Morgan fingerprint density at radius 2 is 1.02 bits per heavy atom. The highest BCUT2D eigenvalue weighted by Gasteiger charge is 2.36. The first-order chi connectivity index (χ1) is 24.0. The maximum atomic E-state index is 12.6. The minimum absolute atomic E-state index is 0.121. The number of alkyl halides is 6. The first kappa shape index (κ1) is 37.0. The van der Waals surface area contributed by atoms with Gasteiger partial charge in [-0.2, -0.15) is 0 Å². The summed E-state index contributed by atoms with van der Waals surface area (Å²) in [6, 6.07) is 28.5. The van der Waals surface area contributed by atoms with E-state index in [1.54, 1.807) is 0 Å². The predicted octanol–water partition coefficient (Wildman–Crippen LogP) is 8.33. The lowest BCUT2D eigenvalue weighted by atomic mass is 9.85. The molecule has 1 fully saturated rings.